The summed E-state index contributed by atoms with van der Waals surface area (Å²) < 4.78 is 4.85. The fourth-order valence-electron chi connectivity index (χ4n) is 0.836. The summed E-state index contributed by atoms with van der Waals surface area (Å²) in [6.45, 7) is -0.263. The average Bonchev–Trinajstić information content (AvgIpc) is 2.12. The summed E-state index contributed by atoms with van der Waals surface area (Å²) in [6.07, 6.45) is -0.0818. The van der Waals surface area contributed by atoms with Gasteiger partial charge in [-0.25, -0.2) is 0 Å². The van der Waals surface area contributed by atoms with Crippen LogP contribution in [0.3, 0.4) is 0 Å². The van der Waals surface area contributed by atoms with Crippen LogP contribution in [-0.4, -0.2) is 17.7 Å². The largest absolute Gasteiger partial charge is 0.423 e. The number of ether oxygens (including phenoxy) is 1. The van der Waals surface area contributed by atoms with Gasteiger partial charge in [0, 0.05) is 0 Å². The van der Waals surface area contributed by atoms with Crippen LogP contribution in [0.4, 0.5) is 0 Å². The van der Waals surface area contributed by atoms with E-state index in [0.29, 0.717) is 0 Å². The zero-order valence-corrected chi connectivity index (χ0v) is 8.68. The van der Waals surface area contributed by atoms with Gasteiger partial charge >= 0.3 is 5.97 Å². The van der Waals surface area contributed by atoms with Crippen LogP contribution in [-0.2, 0) is 4.79 Å². The predicted molar refractivity (Wildman–Crippen MR) is 53.8 cm³/mol. The molecule has 0 aliphatic heterocycles. The highest BCUT2D eigenvalue weighted by Gasteiger charge is 2.11. The predicted octanol–water partition coefficient (Wildman–Crippen LogP) is 2.28. The molecule has 0 saturated heterocycles. The zero-order chi connectivity index (χ0) is 10.6. The molecule has 0 aliphatic carbocycles. The van der Waals surface area contributed by atoms with Crippen LogP contribution in [0, 0.1) is 0 Å². The first-order valence-electron chi connectivity index (χ1n) is 3.90. The maximum atomic E-state index is 11.0. The molecule has 0 bridgehead atoms. The summed E-state index contributed by atoms with van der Waals surface area (Å²) in [5.74, 6) is -0.434. The summed E-state index contributed by atoms with van der Waals surface area (Å²) in [5.41, 5.74) is 0. The third-order valence-electron chi connectivity index (χ3n) is 1.45. The molecule has 0 atom stereocenters. The van der Waals surface area contributed by atoms with Crippen LogP contribution in [0.2, 0.25) is 10.0 Å². The van der Waals surface area contributed by atoms with Gasteiger partial charge in [0.05, 0.1) is 23.1 Å². The number of halogens is 2. The van der Waals surface area contributed by atoms with Crippen LogP contribution in [0.25, 0.3) is 0 Å². The van der Waals surface area contributed by atoms with Gasteiger partial charge < -0.3 is 9.84 Å². The highest BCUT2D eigenvalue weighted by atomic mass is 35.5. The normalized spacial score (nSPS) is 9.93. The summed E-state index contributed by atoms with van der Waals surface area (Å²) in [7, 11) is 0. The first-order chi connectivity index (χ1) is 6.65. The second-order valence-corrected chi connectivity index (χ2v) is 3.31. The van der Waals surface area contributed by atoms with Crippen LogP contribution < -0.4 is 4.74 Å². The van der Waals surface area contributed by atoms with E-state index in [1.807, 2.05) is 0 Å². The van der Waals surface area contributed by atoms with Gasteiger partial charge in [-0.1, -0.05) is 29.3 Å². The SMILES string of the molecule is O=C(CCO)Oc1c(Cl)cccc1Cl. The summed E-state index contributed by atoms with van der Waals surface area (Å²) in [6, 6.07) is 4.78. The fourth-order valence-corrected chi connectivity index (χ4v) is 1.31. The topological polar surface area (TPSA) is 46.5 Å². The quantitative estimate of drug-likeness (QED) is 0.645. The molecule has 1 rings (SSSR count). The second-order valence-electron chi connectivity index (χ2n) is 2.50. The van der Waals surface area contributed by atoms with Gasteiger partial charge in [0.15, 0.2) is 5.75 Å². The molecule has 76 valence electrons. The first-order valence-corrected chi connectivity index (χ1v) is 4.66. The van der Waals surface area contributed by atoms with Gasteiger partial charge in [0.1, 0.15) is 0 Å². The van der Waals surface area contributed by atoms with E-state index in [1.54, 1.807) is 18.2 Å². The van der Waals surface area contributed by atoms with Crippen LogP contribution in [0.15, 0.2) is 18.2 Å². The van der Waals surface area contributed by atoms with Crippen molar-refractivity contribution in [1.82, 2.24) is 0 Å². The Balaban J connectivity index is 2.80. The van der Waals surface area contributed by atoms with Crippen molar-refractivity contribution in [3.8, 4) is 5.75 Å². The molecule has 0 heterocycles. The number of para-hydroxylation sites is 1. The van der Waals surface area contributed by atoms with E-state index in [-0.39, 0.29) is 28.8 Å². The van der Waals surface area contributed by atoms with E-state index in [0.717, 1.165) is 0 Å². The zero-order valence-electron chi connectivity index (χ0n) is 7.17. The lowest BCUT2D eigenvalue weighted by atomic mass is 10.3. The molecule has 1 aromatic carbocycles. The van der Waals surface area contributed by atoms with Crippen LogP contribution >= 0.6 is 23.2 Å². The molecular formula is C9H8Cl2O3. The molecule has 0 saturated carbocycles. The number of esters is 1. The maximum Gasteiger partial charge on any atom is 0.313 e. The van der Waals surface area contributed by atoms with Crippen molar-refractivity contribution in [2.45, 2.75) is 6.42 Å². The van der Waals surface area contributed by atoms with Crippen molar-refractivity contribution < 1.29 is 14.6 Å². The van der Waals surface area contributed by atoms with Crippen molar-refractivity contribution in [1.29, 1.82) is 0 Å². The highest BCUT2D eigenvalue weighted by molar-refractivity contribution is 6.37. The molecule has 5 heteroatoms. The molecule has 0 unspecified atom stereocenters. The fraction of sp³-hybridized carbons (Fsp3) is 0.222. The molecule has 1 N–H and O–H groups in total. The van der Waals surface area contributed by atoms with Crippen molar-refractivity contribution >= 4 is 29.2 Å². The molecule has 0 radical (unpaired) electrons. The standard InChI is InChI=1S/C9H8Cl2O3/c10-6-2-1-3-7(11)9(6)14-8(13)4-5-12/h1-3,12H,4-5H2. The number of aliphatic hydroxyl groups excluding tert-OH is 1. The average molecular weight is 235 g/mol. The molecule has 0 aromatic heterocycles. The highest BCUT2D eigenvalue weighted by Crippen LogP contribution is 2.32. The van der Waals surface area contributed by atoms with Crippen molar-refractivity contribution in [2.75, 3.05) is 6.61 Å². The minimum Gasteiger partial charge on any atom is -0.423 e. The van der Waals surface area contributed by atoms with E-state index in [9.17, 15) is 4.79 Å². The number of aliphatic hydroxyl groups is 1. The minimum absolute atomic E-state index is 0.0818. The molecule has 0 amide bonds. The van der Waals surface area contributed by atoms with E-state index >= 15 is 0 Å². The number of carbonyl (C=O) groups is 1. The third-order valence-corrected chi connectivity index (χ3v) is 2.05. The molecule has 0 fully saturated rings. The Morgan fingerprint density at radius 3 is 2.43 bits per heavy atom. The lowest BCUT2D eigenvalue weighted by molar-refractivity contribution is -0.135. The summed E-state index contributed by atoms with van der Waals surface area (Å²) in [5, 5.41) is 9.02. The van der Waals surface area contributed by atoms with Crippen molar-refractivity contribution in [3.63, 3.8) is 0 Å². The van der Waals surface area contributed by atoms with E-state index in [4.69, 9.17) is 33.0 Å². The van der Waals surface area contributed by atoms with Gasteiger partial charge in [-0.15, -0.1) is 0 Å². The lowest BCUT2D eigenvalue weighted by Crippen LogP contribution is -2.10. The molecule has 0 spiro atoms. The van der Waals surface area contributed by atoms with E-state index < -0.39 is 5.97 Å². The number of carbonyl (C=O) groups excluding carboxylic acids is 1. The van der Waals surface area contributed by atoms with Gasteiger partial charge in [-0.3, -0.25) is 4.79 Å². The minimum atomic E-state index is -0.567. The number of rotatable bonds is 3. The Morgan fingerprint density at radius 2 is 1.93 bits per heavy atom. The summed E-state index contributed by atoms with van der Waals surface area (Å²) in [4.78, 5) is 11.0. The van der Waals surface area contributed by atoms with Crippen LogP contribution in [0.5, 0.6) is 5.75 Å². The second kappa shape index (κ2) is 5.20. The molecular weight excluding hydrogens is 227 g/mol. The lowest BCUT2D eigenvalue weighted by Gasteiger charge is -2.06. The monoisotopic (exact) mass is 234 g/mol. The smallest absolute Gasteiger partial charge is 0.313 e. The number of hydrogen-bond donors (Lipinski definition) is 1. The van der Waals surface area contributed by atoms with Crippen molar-refractivity contribution in [2.24, 2.45) is 0 Å². The Kier molecular flexibility index (Phi) is 4.20. The maximum absolute atomic E-state index is 11.0. The number of hydrogen-bond acceptors (Lipinski definition) is 3. The van der Waals surface area contributed by atoms with Crippen molar-refractivity contribution in [3.05, 3.63) is 28.2 Å². The van der Waals surface area contributed by atoms with E-state index in [1.165, 1.54) is 0 Å². The third kappa shape index (κ3) is 2.87. The number of benzene rings is 1. The van der Waals surface area contributed by atoms with Gasteiger partial charge in [0.25, 0.3) is 0 Å². The Morgan fingerprint density at radius 1 is 1.36 bits per heavy atom. The van der Waals surface area contributed by atoms with Gasteiger partial charge in [0.2, 0.25) is 0 Å². The Hall–Kier alpha value is -0.770. The molecule has 3 nitrogen and oxygen atoms in total. The first kappa shape index (κ1) is 11.3. The van der Waals surface area contributed by atoms with Crippen LogP contribution in [0.1, 0.15) is 6.42 Å². The molecule has 14 heavy (non-hydrogen) atoms. The molecule has 1 aromatic rings. The Bertz CT molecular complexity index is 319. The Labute approximate surface area is 91.2 Å². The summed E-state index contributed by atoms with van der Waals surface area (Å²) >= 11 is 11.5. The molecule has 0 aliphatic rings. The van der Waals surface area contributed by atoms with E-state index in [2.05, 4.69) is 0 Å². The van der Waals surface area contributed by atoms with Gasteiger partial charge in [-0.2, -0.15) is 0 Å². The van der Waals surface area contributed by atoms with Gasteiger partial charge in [-0.05, 0) is 12.1 Å².